The maximum Gasteiger partial charge on any atom is 0.128 e. The maximum absolute atomic E-state index is 13.6. The third kappa shape index (κ3) is 6.66. The van der Waals surface area contributed by atoms with Crippen molar-refractivity contribution in [1.82, 2.24) is 10.2 Å². The molecule has 1 rings (SSSR count). The Morgan fingerprint density at radius 2 is 2.05 bits per heavy atom. The number of likely N-dealkylation sites (N-methyl/N-ethyl adjacent to an activating group) is 1. The van der Waals surface area contributed by atoms with E-state index in [-0.39, 0.29) is 5.82 Å². The van der Waals surface area contributed by atoms with Gasteiger partial charge in [-0.25, -0.2) is 4.39 Å². The second-order valence-corrected chi connectivity index (χ2v) is 5.32. The fourth-order valence-corrected chi connectivity index (χ4v) is 1.60. The van der Waals surface area contributed by atoms with Crippen LogP contribution in [-0.2, 0) is 17.9 Å². The molecule has 3 nitrogen and oxygen atoms in total. The Bertz CT molecular complexity index is 380. The number of benzene rings is 1. The second-order valence-electron chi connectivity index (χ2n) is 5.32. The summed E-state index contributed by atoms with van der Waals surface area (Å²) in [6.07, 6.45) is 0. The first-order valence-electron chi connectivity index (χ1n) is 6.72. The predicted octanol–water partition coefficient (Wildman–Crippen LogP) is 2.40. The van der Waals surface area contributed by atoms with E-state index in [1.165, 1.54) is 6.07 Å². The zero-order valence-electron chi connectivity index (χ0n) is 12.4. The van der Waals surface area contributed by atoms with E-state index in [1.54, 1.807) is 0 Å². The molecule has 1 aromatic carbocycles. The fourth-order valence-electron chi connectivity index (χ4n) is 1.60. The lowest BCUT2D eigenvalue weighted by atomic mass is 10.1. The topological polar surface area (TPSA) is 24.5 Å². The van der Waals surface area contributed by atoms with Crippen LogP contribution < -0.4 is 5.32 Å². The van der Waals surface area contributed by atoms with Gasteiger partial charge in [-0.05, 0) is 31.8 Å². The summed E-state index contributed by atoms with van der Waals surface area (Å²) in [6.45, 7) is 6.72. The minimum atomic E-state index is -0.196. The van der Waals surface area contributed by atoms with Crippen molar-refractivity contribution in [3.8, 4) is 0 Å². The van der Waals surface area contributed by atoms with Gasteiger partial charge in [0.2, 0.25) is 0 Å². The highest BCUT2D eigenvalue weighted by atomic mass is 19.1. The first kappa shape index (κ1) is 16.1. The number of nitrogens with one attached hydrogen (secondary N) is 1. The largest absolute Gasteiger partial charge is 0.375 e. The van der Waals surface area contributed by atoms with Crippen LogP contribution in [0.15, 0.2) is 18.2 Å². The van der Waals surface area contributed by atoms with E-state index in [1.807, 2.05) is 31.1 Å². The van der Waals surface area contributed by atoms with Gasteiger partial charge in [-0.2, -0.15) is 0 Å². The van der Waals surface area contributed by atoms with Crippen molar-refractivity contribution in [1.29, 1.82) is 0 Å². The van der Waals surface area contributed by atoms with Crippen LogP contribution in [0, 0.1) is 5.82 Å². The van der Waals surface area contributed by atoms with E-state index in [0.717, 1.165) is 18.7 Å². The number of ether oxygens (including phenoxy) is 1. The van der Waals surface area contributed by atoms with Crippen molar-refractivity contribution in [2.24, 2.45) is 0 Å². The molecule has 0 saturated carbocycles. The molecular weight excluding hydrogens is 243 g/mol. The number of hydrogen-bond acceptors (Lipinski definition) is 3. The molecule has 1 N–H and O–H groups in total. The van der Waals surface area contributed by atoms with Gasteiger partial charge in [-0.1, -0.05) is 19.9 Å². The molecule has 0 saturated heterocycles. The molecule has 0 fully saturated rings. The minimum Gasteiger partial charge on any atom is -0.375 e. The van der Waals surface area contributed by atoms with Gasteiger partial charge in [-0.3, -0.25) is 0 Å². The highest BCUT2D eigenvalue weighted by molar-refractivity contribution is 5.24. The lowest BCUT2D eigenvalue weighted by Gasteiger charge is -2.12. The van der Waals surface area contributed by atoms with Crippen LogP contribution in [0.3, 0.4) is 0 Å². The summed E-state index contributed by atoms with van der Waals surface area (Å²) < 4.78 is 19.1. The number of nitrogens with zero attached hydrogens (tertiary/aromatic N) is 1. The van der Waals surface area contributed by atoms with Gasteiger partial charge in [0, 0.05) is 24.7 Å². The van der Waals surface area contributed by atoms with Crippen molar-refractivity contribution in [2.45, 2.75) is 33.0 Å². The van der Waals surface area contributed by atoms with E-state index in [9.17, 15) is 4.39 Å². The van der Waals surface area contributed by atoms with Crippen LogP contribution in [0.5, 0.6) is 0 Å². The average Bonchev–Trinajstić information content (AvgIpc) is 2.34. The van der Waals surface area contributed by atoms with E-state index >= 15 is 0 Å². The SMILES string of the molecule is CC(C)NCc1ccc(F)c(COCCN(C)C)c1. The van der Waals surface area contributed by atoms with E-state index < -0.39 is 0 Å². The zero-order valence-corrected chi connectivity index (χ0v) is 12.4. The van der Waals surface area contributed by atoms with Crippen LogP contribution in [0.1, 0.15) is 25.0 Å². The summed E-state index contributed by atoms with van der Waals surface area (Å²) in [6, 6.07) is 5.63. The summed E-state index contributed by atoms with van der Waals surface area (Å²) >= 11 is 0. The van der Waals surface area contributed by atoms with Crippen molar-refractivity contribution < 1.29 is 9.13 Å². The molecule has 19 heavy (non-hydrogen) atoms. The van der Waals surface area contributed by atoms with E-state index in [4.69, 9.17) is 4.74 Å². The Kier molecular flexibility index (Phi) is 6.99. The molecule has 0 unspecified atom stereocenters. The minimum absolute atomic E-state index is 0.196. The fraction of sp³-hybridized carbons (Fsp3) is 0.600. The third-order valence-corrected chi connectivity index (χ3v) is 2.76. The van der Waals surface area contributed by atoms with Crippen LogP contribution in [0.2, 0.25) is 0 Å². The Morgan fingerprint density at radius 3 is 2.68 bits per heavy atom. The molecule has 0 aliphatic heterocycles. The van der Waals surface area contributed by atoms with Gasteiger partial charge >= 0.3 is 0 Å². The molecule has 0 aliphatic rings. The van der Waals surface area contributed by atoms with Gasteiger partial charge in [0.25, 0.3) is 0 Å². The molecule has 0 atom stereocenters. The highest BCUT2D eigenvalue weighted by Gasteiger charge is 2.05. The van der Waals surface area contributed by atoms with E-state index in [0.29, 0.717) is 24.8 Å². The Labute approximate surface area is 115 Å². The first-order valence-corrected chi connectivity index (χ1v) is 6.72. The molecule has 0 amide bonds. The van der Waals surface area contributed by atoms with Crippen molar-refractivity contribution >= 4 is 0 Å². The summed E-state index contributed by atoms with van der Waals surface area (Å²) in [4.78, 5) is 2.04. The summed E-state index contributed by atoms with van der Waals surface area (Å²) in [5.74, 6) is -0.196. The van der Waals surface area contributed by atoms with Gasteiger partial charge in [0.15, 0.2) is 0 Å². The maximum atomic E-state index is 13.6. The normalized spacial score (nSPS) is 11.5. The van der Waals surface area contributed by atoms with Crippen molar-refractivity contribution in [3.63, 3.8) is 0 Å². The Balaban J connectivity index is 2.49. The smallest absolute Gasteiger partial charge is 0.128 e. The molecule has 0 aliphatic carbocycles. The monoisotopic (exact) mass is 268 g/mol. The number of rotatable bonds is 8. The van der Waals surface area contributed by atoms with Crippen LogP contribution in [0.25, 0.3) is 0 Å². The molecule has 0 spiro atoms. The Morgan fingerprint density at radius 1 is 1.32 bits per heavy atom. The van der Waals surface area contributed by atoms with Crippen molar-refractivity contribution in [2.75, 3.05) is 27.2 Å². The molecule has 108 valence electrons. The van der Waals surface area contributed by atoms with E-state index in [2.05, 4.69) is 19.2 Å². The quantitative estimate of drug-likeness (QED) is 0.733. The lowest BCUT2D eigenvalue weighted by molar-refractivity contribution is 0.103. The van der Waals surface area contributed by atoms with Gasteiger partial charge in [0.05, 0.1) is 13.2 Å². The Hall–Kier alpha value is -0.970. The van der Waals surface area contributed by atoms with Crippen LogP contribution >= 0.6 is 0 Å². The predicted molar refractivity (Wildman–Crippen MR) is 76.6 cm³/mol. The van der Waals surface area contributed by atoms with Crippen molar-refractivity contribution in [3.05, 3.63) is 35.1 Å². The van der Waals surface area contributed by atoms with Gasteiger partial charge in [-0.15, -0.1) is 0 Å². The summed E-state index contributed by atoms with van der Waals surface area (Å²) in [5, 5.41) is 3.32. The summed E-state index contributed by atoms with van der Waals surface area (Å²) in [5.41, 5.74) is 1.71. The second kappa shape index (κ2) is 8.25. The molecule has 1 aromatic rings. The molecule has 0 radical (unpaired) electrons. The zero-order chi connectivity index (χ0) is 14.3. The van der Waals surface area contributed by atoms with Gasteiger partial charge < -0.3 is 15.0 Å². The summed E-state index contributed by atoms with van der Waals surface area (Å²) in [7, 11) is 3.98. The molecule has 0 aromatic heterocycles. The molecular formula is C15H25FN2O. The molecule has 0 heterocycles. The first-order chi connectivity index (χ1) is 8.99. The third-order valence-electron chi connectivity index (χ3n) is 2.76. The molecule has 4 heteroatoms. The number of hydrogen-bond donors (Lipinski definition) is 1. The number of halogens is 1. The van der Waals surface area contributed by atoms with Crippen LogP contribution in [-0.4, -0.2) is 38.2 Å². The molecule has 0 bridgehead atoms. The standard InChI is InChI=1S/C15H25FN2O/c1-12(2)17-10-13-5-6-15(16)14(9-13)11-19-8-7-18(3)4/h5-6,9,12,17H,7-8,10-11H2,1-4H3. The average molecular weight is 268 g/mol. The van der Waals surface area contributed by atoms with Crippen LogP contribution in [0.4, 0.5) is 4.39 Å². The van der Waals surface area contributed by atoms with Gasteiger partial charge in [0.1, 0.15) is 5.82 Å². The highest BCUT2D eigenvalue weighted by Crippen LogP contribution is 2.12. The lowest BCUT2D eigenvalue weighted by Crippen LogP contribution is -2.22.